The molecule has 132 valence electrons. The normalized spacial score (nSPS) is 32.0. The van der Waals surface area contributed by atoms with E-state index in [1.54, 1.807) is 0 Å². The number of likely N-dealkylation sites (tertiary alicyclic amines) is 1. The van der Waals surface area contributed by atoms with Crippen LogP contribution in [0.5, 0.6) is 0 Å². The number of piperidine rings is 1. The fraction of sp³-hybridized carbons (Fsp3) is 0.778. The quantitative estimate of drug-likeness (QED) is 0.913. The minimum atomic E-state index is 0.107. The molecule has 0 aromatic carbocycles. The molecule has 2 saturated heterocycles. The maximum absolute atomic E-state index is 12.6. The summed E-state index contributed by atoms with van der Waals surface area (Å²) in [6.45, 7) is 1.72. The number of amides is 1. The van der Waals surface area contributed by atoms with E-state index in [-0.39, 0.29) is 6.04 Å². The Kier molecular flexibility index (Phi) is 4.59. The molecule has 0 bridgehead atoms. The summed E-state index contributed by atoms with van der Waals surface area (Å²) in [5.41, 5.74) is 1.15. The molecule has 1 aliphatic carbocycles. The lowest BCUT2D eigenvalue weighted by Crippen LogP contribution is -2.54. The Labute approximate surface area is 143 Å². The summed E-state index contributed by atoms with van der Waals surface area (Å²) in [7, 11) is 1.98. The Hall–Kier alpha value is -1.40. The maximum Gasteiger partial charge on any atom is 0.223 e. The van der Waals surface area contributed by atoms with E-state index in [0.29, 0.717) is 30.5 Å². The zero-order chi connectivity index (χ0) is 16.5. The van der Waals surface area contributed by atoms with Gasteiger partial charge in [-0.3, -0.25) is 9.48 Å². The van der Waals surface area contributed by atoms with Gasteiger partial charge in [-0.1, -0.05) is 0 Å². The second-order valence-electron chi connectivity index (χ2n) is 7.41. The van der Waals surface area contributed by atoms with Crippen LogP contribution in [-0.2, 0) is 16.6 Å². The Morgan fingerprint density at radius 1 is 1.21 bits per heavy atom. The van der Waals surface area contributed by atoms with Crippen LogP contribution in [0.1, 0.15) is 56.7 Å². The minimum Gasteiger partial charge on any atom is -0.381 e. The van der Waals surface area contributed by atoms with Crippen LogP contribution in [0, 0.1) is 0 Å². The van der Waals surface area contributed by atoms with E-state index in [2.05, 4.69) is 21.4 Å². The van der Waals surface area contributed by atoms with E-state index >= 15 is 0 Å². The van der Waals surface area contributed by atoms with Crippen molar-refractivity contribution >= 4 is 5.91 Å². The highest BCUT2D eigenvalue weighted by Crippen LogP contribution is 2.40. The van der Waals surface area contributed by atoms with Gasteiger partial charge >= 0.3 is 0 Å². The highest BCUT2D eigenvalue weighted by molar-refractivity contribution is 5.78. The van der Waals surface area contributed by atoms with Gasteiger partial charge in [-0.2, -0.15) is 5.10 Å². The van der Waals surface area contributed by atoms with Crippen molar-refractivity contribution in [2.45, 2.75) is 69.1 Å². The van der Waals surface area contributed by atoms with Gasteiger partial charge in [0.05, 0.1) is 11.7 Å². The number of hydrogen-bond acceptors (Lipinski definition) is 4. The molecular formula is C18H28N4O2. The first kappa shape index (κ1) is 16.1. The van der Waals surface area contributed by atoms with Gasteiger partial charge in [0.25, 0.3) is 0 Å². The van der Waals surface area contributed by atoms with Crippen LogP contribution in [0.25, 0.3) is 0 Å². The molecule has 2 aliphatic heterocycles. The first-order valence-electron chi connectivity index (χ1n) is 9.37. The lowest BCUT2D eigenvalue weighted by Gasteiger charge is -2.43. The standard InChI is InChI=1S/C18H28N4O2/c1-21-16(8-10-19-21)18-15(20-13-3-2-11-24-12-9-13)6-7-17(23)22(18)14-4-5-14/h8,10,13-15,18,20H,2-7,9,11-12H2,1H3/t13-,15-,18-/m1/s1. The molecule has 3 fully saturated rings. The molecule has 0 unspecified atom stereocenters. The van der Waals surface area contributed by atoms with E-state index < -0.39 is 0 Å². The third-order valence-electron chi connectivity index (χ3n) is 5.64. The van der Waals surface area contributed by atoms with Gasteiger partial charge in [-0.15, -0.1) is 0 Å². The molecular weight excluding hydrogens is 304 g/mol. The fourth-order valence-corrected chi connectivity index (χ4v) is 4.27. The number of rotatable bonds is 4. The summed E-state index contributed by atoms with van der Waals surface area (Å²) >= 11 is 0. The van der Waals surface area contributed by atoms with Gasteiger partial charge < -0.3 is 15.0 Å². The van der Waals surface area contributed by atoms with E-state index in [1.807, 2.05) is 17.9 Å². The van der Waals surface area contributed by atoms with Crippen molar-refractivity contribution in [2.24, 2.45) is 7.05 Å². The summed E-state index contributed by atoms with van der Waals surface area (Å²) in [6, 6.07) is 3.41. The monoisotopic (exact) mass is 332 g/mol. The van der Waals surface area contributed by atoms with E-state index in [9.17, 15) is 4.79 Å². The number of aryl methyl sites for hydroxylation is 1. The predicted octanol–water partition coefficient (Wildman–Crippen LogP) is 1.77. The molecule has 0 radical (unpaired) electrons. The van der Waals surface area contributed by atoms with E-state index in [4.69, 9.17) is 4.74 Å². The molecule has 1 N–H and O–H groups in total. The minimum absolute atomic E-state index is 0.107. The van der Waals surface area contributed by atoms with Crippen LogP contribution in [-0.4, -0.2) is 51.9 Å². The largest absolute Gasteiger partial charge is 0.381 e. The number of hydrogen-bond donors (Lipinski definition) is 1. The molecule has 1 aromatic rings. The SMILES string of the molecule is Cn1nccc1[C@H]1[C@H](N[C@@H]2CCCOCC2)CCC(=O)N1C1CC1. The molecule has 0 spiro atoms. The molecule has 6 nitrogen and oxygen atoms in total. The number of nitrogens with zero attached hydrogens (tertiary/aromatic N) is 3. The smallest absolute Gasteiger partial charge is 0.223 e. The first-order valence-corrected chi connectivity index (χ1v) is 9.37. The van der Waals surface area contributed by atoms with Gasteiger partial charge in [0.2, 0.25) is 5.91 Å². The Morgan fingerprint density at radius 2 is 2.08 bits per heavy atom. The van der Waals surface area contributed by atoms with Crippen molar-refractivity contribution in [1.29, 1.82) is 0 Å². The molecule has 3 heterocycles. The summed E-state index contributed by atoms with van der Waals surface area (Å²) in [6.07, 6.45) is 9.04. The molecule has 3 atom stereocenters. The van der Waals surface area contributed by atoms with Gasteiger partial charge in [-0.05, 0) is 44.6 Å². The Morgan fingerprint density at radius 3 is 2.83 bits per heavy atom. The second-order valence-corrected chi connectivity index (χ2v) is 7.41. The van der Waals surface area contributed by atoms with Crippen LogP contribution in [0.2, 0.25) is 0 Å². The van der Waals surface area contributed by atoms with E-state index in [1.165, 1.54) is 0 Å². The molecule has 24 heavy (non-hydrogen) atoms. The summed E-state index contributed by atoms with van der Waals surface area (Å²) in [5.74, 6) is 0.311. The Balaban J connectivity index is 1.58. The average Bonchev–Trinajstić information content (AvgIpc) is 3.36. The highest BCUT2D eigenvalue weighted by atomic mass is 16.5. The second kappa shape index (κ2) is 6.84. The third kappa shape index (κ3) is 3.22. The number of aromatic nitrogens is 2. The van der Waals surface area contributed by atoms with Gasteiger partial charge in [-0.25, -0.2) is 0 Å². The predicted molar refractivity (Wildman–Crippen MR) is 90.4 cm³/mol. The van der Waals surface area contributed by atoms with Crippen LogP contribution in [0.4, 0.5) is 0 Å². The van der Waals surface area contributed by atoms with Gasteiger partial charge in [0, 0.05) is 51.0 Å². The van der Waals surface area contributed by atoms with Crippen LogP contribution in [0.3, 0.4) is 0 Å². The lowest BCUT2D eigenvalue weighted by molar-refractivity contribution is -0.139. The fourth-order valence-electron chi connectivity index (χ4n) is 4.27. The highest BCUT2D eigenvalue weighted by Gasteiger charge is 2.45. The van der Waals surface area contributed by atoms with Crippen LogP contribution in [0.15, 0.2) is 12.3 Å². The average molecular weight is 332 g/mol. The van der Waals surface area contributed by atoms with Crippen LogP contribution < -0.4 is 5.32 Å². The summed E-state index contributed by atoms with van der Waals surface area (Å²) < 4.78 is 7.53. The summed E-state index contributed by atoms with van der Waals surface area (Å²) in [5, 5.41) is 8.24. The van der Waals surface area contributed by atoms with Crippen molar-refractivity contribution in [1.82, 2.24) is 20.0 Å². The van der Waals surface area contributed by atoms with Crippen LogP contribution >= 0.6 is 0 Å². The Bertz CT molecular complexity index is 575. The number of nitrogens with one attached hydrogen (secondary N) is 1. The van der Waals surface area contributed by atoms with Gasteiger partial charge in [0.15, 0.2) is 0 Å². The molecule has 4 rings (SSSR count). The lowest BCUT2D eigenvalue weighted by atomic mass is 9.91. The zero-order valence-electron chi connectivity index (χ0n) is 14.5. The van der Waals surface area contributed by atoms with Gasteiger partial charge in [0.1, 0.15) is 0 Å². The number of ether oxygens (including phenoxy) is 1. The molecule has 1 amide bonds. The van der Waals surface area contributed by atoms with Crippen molar-refractivity contribution < 1.29 is 9.53 Å². The number of carbonyl (C=O) groups is 1. The molecule has 1 saturated carbocycles. The van der Waals surface area contributed by atoms with E-state index in [0.717, 1.165) is 57.4 Å². The first-order chi connectivity index (χ1) is 11.7. The maximum atomic E-state index is 12.6. The van der Waals surface area contributed by atoms with Crippen molar-refractivity contribution in [2.75, 3.05) is 13.2 Å². The van der Waals surface area contributed by atoms with Crippen molar-refractivity contribution in [3.8, 4) is 0 Å². The zero-order valence-corrected chi connectivity index (χ0v) is 14.5. The third-order valence-corrected chi connectivity index (χ3v) is 5.64. The molecule has 6 heteroatoms. The topological polar surface area (TPSA) is 59.4 Å². The van der Waals surface area contributed by atoms with Crippen molar-refractivity contribution in [3.63, 3.8) is 0 Å². The van der Waals surface area contributed by atoms with Crippen molar-refractivity contribution in [3.05, 3.63) is 18.0 Å². The molecule has 1 aromatic heterocycles. The number of carbonyl (C=O) groups excluding carboxylic acids is 1. The summed E-state index contributed by atoms with van der Waals surface area (Å²) in [4.78, 5) is 14.8. The molecule has 3 aliphatic rings.